The number of esters is 1. The second kappa shape index (κ2) is 11.8. The molecule has 5 atom stereocenters. The number of amides is 3. The van der Waals surface area contributed by atoms with Crippen LogP contribution < -0.4 is 16.0 Å². The number of methoxy groups -OCH3 is 1. The molecule has 5 N–H and O–H groups in total. The molecule has 0 bridgehead atoms. The van der Waals surface area contributed by atoms with E-state index >= 15 is 0 Å². The number of ether oxygens (including phenoxy) is 5. The van der Waals surface area contributed by atoms with Gasteiger partial charge in [0.05, 0.1) is 13.7 Å². The summed E-state index contributed by atoms with van der Waals surface area (Å²) in [5.74, 6) is -4.01. The molecule has 2 heterocycles. The Labute approximate surface area is 212 Å². The van der Waals surface area contributed by atoms with Gasteiger partial charge in [-0.3, -0.25) is 14.4 Å². The number of rotatable bonds is 9. The number of fused-ring (bicyclic) bond motifs is 1. The number of carbonyl (C=O) groups excluding carboxylic acids is 4. The van der Waals surface area contributed by atoms with Crippen molar-refractivity contribution in [3.05, 3.63) is 35.9 Å². The highest BCUT2D eigenvalue weighted by molar-refractivity contribution is 5.94. The normalized spacial score (nSPS) is 27.9. The molecule has 2 saturated heterocycles. The van der Waals surface area contributed by atoms with E-state index in [1.165, 1.54) is 13.8 Å². The lowest BCUT2D eigenvalue weighted by molar-refractivity contribution is -0.250. The van der Waals surface area contributed by atoms with Crippen molar-refractivity contribution < 1.29 is 53.1 Å². The predicted octanol–water partition coefficient (Wildman–Crippen LogP) is -1.71. The Bertz CT molecular complexity index is 989. The van der Waals surface area contributed by atoms with Crippen molar-refractivity contribution in [1.29, 1.82) is 0 Å². The summed E-state index contributed by atoms with van der Waals surface area (Å²) in [5, 5.41) is 27.3. The third-order valence-corrected chi connectivity index (χ3v) is 5.65. The average Bonchev–Trinajstić information content (AvgIpc) is 3.23. The van der Waals surface area contributed by atoms with E-state index in [4.69, 9.17) is 18.9 Å². The van der Waals surface area contributed by atoms with Crippen LogP contribution in [0.15, 0.2) is 30.3 Å². The van der Waals surface area contributed by atoms with Gasteiger partial charge in [-0.1, -0.05) is 30.3 Å². The quantitative estimate of drug-likeness (QED) is 0.231. The molecule has 2 aliphatic heterocycles. The Morgan fingerprint density at radius 3 is 2.38 bits per heavy atom. The molecule has 37 heavy (non-hydrogen) atoms. The first-order valence-electron chi connectivity index (χ1n) is 11.4. The maximum Gasteiger partial charge on any atom is 0.407 e. The van der Waals surface area contributed by atoms with Gasteiger partial charge in [0, 0.05) is 0 Å². The van der Waals surface area contributed by atoms with Gasteiger partial charge in [0.2, 0.25) is 5.91 Å². The van der Waals surface area contributed by atoms with Gasteiger partial charge in [-0.2, -0.15) is 0 Å². The summed E-state index contributed by atoms with van der Waals surface area (Å²) in [7, 11) is 1.12. The molecule has 0 radical (unpaired) electrons. The monoisotopic (exact) mass is 525 g/mol. The highest BCUT2D eigenvalue weighted by atomic mass is 16.8. The Morgan fingerprint density at radius 1 is 1.03 bits per heavy atom. The summed E-state index contributed by atoms with van der Waals surface area (Å²) in [4.78, 5) is 49.9. The van der Waals surface area contributed by atoms with Gasteiger partial charge in [0.25, 0.3) is 11.6 Å². The zero-order valence-electron chi connectivity index (χ0n) is 20.6. The average molecular weight is 526 g/mol. The molecule has 0 aromatic heterocycles. The Kier molecular flexibility index (Phi) is 9.04. The molecular formula is C23H31N3O11. The van der Waals surface area contributed by atoms with Gasteiger partial charge in [0.1, 0.15) is 44.1 Å². The van der Waals surface area contributed by atoms with Crippen LogP contribution >= 0.6 is 0 Å². The lowest BCUT2D eigenvalue weighted by Crippen LogP contribution is -2.76. The fraction of sp³-hybridized carbons (Fsp3) is 0.565. The number of hydrogen-bond donors (Lipinski definition) is 5. The molecule has 0 saturated carbocycles. The topological polar surface area (TPSA) is 191 Å². The molecule has 2 fully saturated rings. The van der Waals surface area contributed by atoms with E-state index in [9.17, 15) is 29.4 Å². The van der Waals surface area contributed by atoms with Gasteiger partial charge >= 0.3 is 12.1 Å². The Hall–Kier alpha value is -3.30. The zero-order valence-corrected chi connectivity index (χ0v) is 20.6. The molecule has 1 aromatic rings. The van der Waals surface area contributed by atoms with E-state index in [-0.39, 0.29) is 6.61 Å². The molecule has 2 aliphatic rings. The number of aliphatic hydroxyl groups excluding tert-OH is 2. The third kappa shape index (κ3) is 6.72. The van der Waals surface area contributed by atoms with Crippen molar-refractivity contribution in [3.8, 4) is 0 Å². The third-order valence-electron chi connectivity index (χ3n) is 5.65. The van der Waals surface area contributed by atoms with Crippen molar-refractivity contribution in [2.45, 2.75) is 56.4 Å². The molecule has 0 aliphatic carbocycles. The molecular weight excluding hydrogens is 494 g/mol. The predicted molar refractivity (Wildman–Crippen MR) is 122 cm³/mol. The minimum absolute atomic E-state index is 0.0304. The smallest absolute Gasteiger partial charge is 0.407 e. The molecule has 204 valence electrons. The van der Waals surface area contributed by atoms with Gasteiger partial charge in [-0.05, 0) is 19.4 Å². The fourth-order valence-corrected chi connectivity index (χ4v) is 3.96. The zero-order chi connectivity index (χ0) is 27.2. The van der Waals surface area contributed by atoms with E-state index in [1.807, 2.05) is 6.07 Å². The highest BCUT2D eigenvalue weighted by Crippen LogP contribution is 2.41. The standard InChI is InChI=1S/C23H31N3O11/c1-22(2)36-18-17(30)14(11-27)35-23(19(18)37-22,20(31)24-10-16(29)33-3)26-15(28)9-25-21(32)34-12-13-7-5-4-6-8-13/h4-8,14,17-19,27,30H,9-12H2,1-3H3,(H,24,31)(H,25,32)(H,26,28)/t14-,17-,18+,19+,23+/m1/s1. The number of hydrogen-bond acceptors (Lipinski definition) is 11. The van der Waals surface area contributed by atoms with Crippen LogP contribution in [0.1, 0.15) is 19.4 Å². The molecule has 1 aromatic carbocycles. The van der Waals surface area contributed by atoms with Crippen molar-refractivity contribution in [2.24, 2.45) is 0 Å². The highest BCUT2D eigenvalue weighted by Gasteiger charge is 2.65. The van der Waals surface area contributed by atoms with E-state index < -0.39 is 79.5 Å². The first-order valence-corrected chi connectivity index (χ1v) is 11.4. The molecule has 3 amide bonds. The molecule has 14 nitrogen and oxygen atoms in total. The Morgan fingerprint density at radius 2 is 1.73 bits per heavy atom. The van der Waals surface area contributed by atoms with E-state index in [0.717, 1.165) is 12.7 Å². The second-order valence-corrected chi connectivity index (χ2v) is 8.81. The van der Waals surface area contributed by atoms with Gasteiger partial charge < -0.3 is 49.8 Å². The molecule has 14 heteroatoms. The Balaban J connectivity index is 1.76. The van der Waals surface area contributed by atoms with Crippen LogP contribution in [0.5, 0.6) is 0 Å². The molecule has 3 rings (SSSR count). The van der Waals surface area contributed by atoms with Crippen LogP contribution in [0.25, 0.3) is 0 Å². The number of benzene rings is 1. The maximum absolute atomic E-state index is 13.3. The van der Waals surface area contributed by atoms with Crippen LogP contribution in [0.4, 0.5) is 4.79 Å². The van der Waals surface area contributed by atoms with Crippen LogP contribution in [-0.4, -0.2) is 96.8 Å². The first-order chi connectivity index (χ1) is 17.5. The van der Waals surface area contributed by atoms with Crippen LogP contribution in [0, 0.1) is 0 Å². The number of carbonyl (C=O) groups is 4. The molecule has 0 spiro atoms. The van der Waals surface area contributed by atoms with Gasteiger partial charge in [-0.15, -0.1) is 0 Å². The van der Waals surface area contributed by atoms with Crippen molar-refractivity contribution in [3.63, 3.8) is 0 Å². The summed E-state index contributed by atoms with van der Waals surface area (Å²) in [6, 6.07) is 8.87. The number of nitrogens with one attached hydrogen (secondary N) is 3. The van der Waals surface area contributed by atoms with Crippen molar-refractivity contribution >= 4 is 23.9 Å². The van der Waals surface area contributed by atoms with E-state index in [1.54, 1.807) is 24.3 Å². The second-order valence-electron chi connectivity index (χ2n) is 8.81. The van der Waals surface area contributed by atoms with Crippen molar-refractivity contribution in [2.75, 3.05) is 26.8 Å². The van der Waals surface area contributed by atoms with Crippen LogP contribution in [0.2, 0.25) is 0 Å². The summed E-state index contributed by atoms with van der Waals surface area (Å²) in [5.41, 5.74) is -1.62. The lowest BCUT2D eigenvalue weighted by Gasteiger charge is -2.46. The van der Waals surface area contributed by atoms with Crippen LogP contribution in [-0.2, 0) is 44.7 Å². The first kappa shape index (κ1) is 28.3. The van der Waals surface area contributed by atoms with Gasteiger partial charge in [-0.25, -0.2) is 4.79 Å². The minimum atomic E-state index is -2.36. The SMILES string of the molecule is COC(=O)CNC(=O)[C@@]1(NC(=O)CNC(=O)OCc2ccccc2)O[C@H](CO)[C@@H](O)[C@@H]2OC(C)(C)O[C@@H]21. The largest absolute Gasteiger partial charge is 0.468 e. The summed E-state index contributed by atoms with van der Waals surface area (Å²) in [6.45, 7) is 1.08. The van der Waals surface area contributed by atoms with Crippen LogP contribution in [0.3, 0.4) is 0 Å². The van der Waals surface area contributed by atoms with Crippen molar-refractivity contribution in [1.82, 2.24) is 16.0 Å². The lowest BCUT2D eigenvalue weighted by atomic mass is 9.89. The van der Waals surface area contributed by atoms with E-state index in [2.05, 4.69) is 20.7 Å². The molecule has 0 unspecified atom stereocenters. The minimum Gasteiger partial charge on any atom is -0.468 e. The van der Waals surface area contributed by atoms with E-state index in [0.29, 0.717) is 0 Å². The number of alkyl carbamates (subject to hydrolysis) is 1. The maximum atomic E-state index is 13.3. The summed E-state index contributed by atoms with van der Waals surface area (Å²) >= 11 is 0. The number of aliphatic hydroxyl groups is 2. The summed E-state index contributed by atoms with van der Waals surface area (Å²) < 4.78 is 26.8. The van der Waals surface area contributed by atoms with Gasteiger partial charge in [0.15, 0.2) is 5.79 Å². The fourth-order valence-electron chi connectivity index (χ4n) is 3.96. The summed E-state index contributed by atoms with van der Waals surface area (Å²) in [6.07, 6.45) is -6.27.